The van der Waals surface area contributed by atoms with Crippen LogP contribution < -0.4 is 5.32 Å². The standard InChI is InChI=1S/C14H19F3N2/c1-10-4-3-5-12(11(10)2)13(14(15,16)17)19-8-6-18-7-9-19/h3-5,13,18H,6-9H2,1-2H3/t13-/m1/s1. The second-order valence-electron chi connectivity index (χ2n) is 5.02. The van der Waals surface area contributed by atoms with Crippen LogP contribution in [0.4, 0.5) is 13.2 Å². The highest BCUT2D eigenvalue weighted by Gasteiger charge is 2.45. The van der Waals surface area contributed by atoms with Gasteiger partial charge in [0.2, 0.25) is 0 Å². The molecular weight excluding hydrogens is 253 g/mol. The Labute approximate surface area is 111 Å². The summed E-state index contributed by atoms with van der Waals surface area (Å²) >= 11 is 0. The SMILES string of the molecule is Cc1cccc([C@@H](N2CCNCC2)C(F)(F)F)c1C. The van der Waals surface area contributed by atoms with Gasteiger partial charge in [0.15, 0.2) is 0 Å². The predicted octanol–water partition coefficient (Wildman–Crippen LogP) is 2.81. The normalized spacial score (nSPS) is 19.4. The maximum atomic E-state index is 13.4. The molecule has 1 aromatic carbocycles. The topological polar surface area (TPSA) is 15.3 Å². The van der Waals surface area contributed by atoms with Gasteiger partial charge >= 0.3 is 6.18 Å². The minimum atomic E-state index is -4.24. The van der Waals surface area contributed by atoms with Crippen molar-refractivity contribution < 1.29 is 13.2 Å². The lowest BCUT2D eigenvalue weighted by Crippen LogP contribution is -2.49. The molecule has 1 aliphatic heterocycles. The average molecular weight is 272 g/mol. The van der Waals surface area contributed by atoms with Gasteiger partial charge in [0.25, 0.3) is 0 Å². The maximum absolute atomic E-state index is 13.4. The van der Waals surface area contributed by atoms with Gasteiger partial charge in [-0.05, 0) is 30.5 Å². The summed E-state index contributed by atoms with van der Waals surface area (Å²) < 4.78 is 40.3. The van der Waals surface area contributed by atoms with E-state index in [0.29, 0.717) is 31.7 Å². The number of hydrogen-bond donors (Lipinski definition) is 1. The van der Waals surface area contributed by atoms with Crippen LogP contribution in [0.15, 0.2) is 18.2 Å². The number of halogens is 3. The van der Waals surface area contributed by atoms with Crippen LogP contribution in [0.25, 0.3) is 0 Å². The molecule has 1 fully saturated rings. The van der Waals surface area contributed by atoms with Crippen LogP contribution in [0.1, 0.15) is 22.7 Å². The second-order valence-corrected chi connectivity index (χ2v) is 5.02. The summed E-state index contributed by atoms with van der Waals surface area (Å²) in [6, 6.07) is 3.67. The lowest BCUT2D eigenvalue weighted by molar-refractivity contribution is -0.188. The number of aryl methyl sites for hydroxylation is 1. The fourth-order valence-electron chi connectivity index (χ4n) is 2.59. The summed E-state index contributed by atoms with van der Waals surface area (Å²) in [5.41, 5.74) is 2.03. The van der Waals surface area contributed by atoms with Crippen LogP contribution >= 0.6 is 0 Å². The van der Waals surface area contributed by atoms with E-state index < -0.39 is 12.2 Å². The van der Waals surface area contributed by atoms with Gasteiger partial charge in [-0.2, -0.15) is 13.2 Å². The number of hydrogen-bond acceptors (Lipinski definition) is 2. The Morgan fingerprint density at radius 2 is 1.79 bits per heavy atom. The van der Waals surface area contributed by atoms with Crippen molar-refractivity contribution in [3.8, 4) is 0 Å². The molecule has 1 saturated heterocycles. The number of nitrogens with one attached hydrogen (secondary N) is 1. The lowest BCUT2D eigenvalue weighted by Gasteiger charge is -2.37. The van der Waals surface area contributed by atoms with Gasteiger partial charge in [-0.15, -0.1) is 0 Å². The van der Waals surface area contributed by atoms with E-state index in [4.69, 9.17) is 0 Å². The largest absolute Gasteiger partial charge is 0.408 e. The molecule has 1 aliphatic rings. The zero-order chi connectivity index (χ0) is 14.0. The fraction of sp³-hybridized carbons (Fsp3) is 0.571. The Bertz CT molecular complexity index is 437. The van der Waals surface area contributed by atoms with E-state index in [9.17, 15) is 13.2 Å². The summed E-state index contributed by atoms with van der Waals surface area (Å²) in [5, 5.41) is 3.09. The van der Waals surface area contributed by atoms with Crippen molar-refractivity contribution in [2.45, 2.75) is 26.1 Å². The van der Waals surface area contributed by atoms with Crippen LogP contribution in [0.5, 0.6) is 0 Å². The Kier molecular flexibility index (Phi) is 4.16. The summed E-state index contributed by atoms with van der Waals surface area (Å²) in [7, 11) is 0. The molecule has 1 heterocycles. The Morgan fingerprint density at radius 1 is 1.16 bits per heavy atom. The summed E-state index contributed by atoms with van der Waals surface area (Å²) in [5.74, 6) is 0. The molecule has 106 valence electrons. The summed E-state index contributed by atoms with van der Waals surface area (Å²) in [6.07, 6.45) is -4.24. The van der Waals surface area contributed by atoms with Crippen molar-refractivity contribution in [3.63, 3.8) is 0 Å². The van der Waals surface area contributed by atoms with Crippen molar-refractivity contribution in [1.82, 2.24) is 10.2 Å². The van der Waals surface area contributed by atoms with Gasteiger partial charge in [0.05, 0.1) is 0 Å². The predicted molar refractivity (Wildman–Crippen MR) is 69.2 cm³/mol. The van der Waals surface area contributed by atoms with Crippen LogP contribution in [0.3, 0.4) is 0 Å². The molecule has 0 spiro atoms. The third-order valence-corrected chi connectivity index (χ3v) is 3.77. The first kappa shape index (κ1) is 14.3. The van der Waals surface area contributed by atoms with Crippen molar-refractivity contribution in [2.24, 2.45) is 0 Å². The third-order valence-electron chi connectivity index (χ3n) is 3.77. The summed E-state index contributed by atoms with van der Waals surface area (Å²) in [4.78, 5) is 1.53. The van der Waals surface area contributed by atoms with E-state index in [-0.39, 0.29) is 0 Å². The first-order valence-electron chi connectivity index (χ1n) is 6.49. The van der Waals surface area contributed by atoms with E-state index in [2.05, 4.69) is 5.32 Å². The maximum Gasteiger partial charge on any atom is 0.408 e. The van der Waals surface area contributed by atoms with Crippen LogP contribution in [-0.2, 0) is 0 Å². The minimum Gasteiger partial charge on any atom is -0.314 e. The molecule has 0 saturated carbocycles. The van der Waals surface area contributed by atoms with Gasteiger partial charge in [-0.25, -0.2) is 0 Å². The lowest BCUT2D eigenvalue weighted by atomic mass is 9.95. The Hall–Kier alpha value is -1.07. The smallest absolute Gasteiger partial charge is 0.314 e. The molecule has 1 N–H and O–H groups in total. The van der Waals surface area contributed by atoms with E-state index in [1.807, 2.05) is 13.0 Å². The van der Waals surface area contributed by atoms with E-state index >= 15 is 0 Å². The number of nitrogens with zero attached hydrogens (tertiary/aromatic N) is 1. The van der Waals surface area contributed by atoms with Crippen LogP contribution in [-0.4, -0.2) is 37.3 Å². The van der Waals surface area contributed by atoms with E-state index in [1.54, 1.807) is 19.1 Å². The first-order valence-corrected chi connectivity index (χ1v) is 6.49. The number of piperazine rings is 1. The van der Waals surface area contributed by atoms with Crippen LogP contribution in [0.2, 0.25) is 0 Å². The molecule has 2 rings (SSSR count). The molecule has 0 radical (unpaired) electrons. The monoisotopic (exact) mass is 272 g/mol. The van der Waals surface area contributed by atoms with Crippen molar-refractivity contribution >= 4 is 0 Å². The molecule has 19 heavy (non-hydrogen) atoms. The molecule has 0 aromatic heterocycles. The zero-order valence-electron chi connectivity index (χ0n) is 11.2. The van der Waals surface area contributed by atoms with E-state index in [1.165, 1.54) is 4.90 Å². The number of rotatable bonds is 2. The molecular formula is C14H19F3N2. The quantitative estimate of drug-likeness (QED) is 0.890. The fourth-order valence-corrected chi connectivity index (χ4v) is 2.59. The second kappa shape index (κ2) is 5.51. The molecule has 1 atom stereocenters. The highest BCUT2D eigenvalue weighted by Crippen LogP contribution is 2.39. The molecule has 0 aliphatic carbocycles. The van der Waals surface area contributed by atoms with Gasteiger partial charge in [-0.3, -0.25) is 4.90 Å². The third kappa shape index (κ3) is 3.09. The minimum absolute atomic E-state index is 0.384. The Morgan fingerprint density at radius 3 is 2.37 bits per heavy atom. The van der Waals surface area contributed by atoms with Gasteiger partial charge in [0, 0.05) is 26.2 Å². The average Bonchev–Trinajstić information content (AvgIpc) is 2.35. The number of benzene rings is 1. The Balaban J connectivity index is 2.40. The molecule has 0 unspecified atom stereocenters. The molecule has 2 nitrogen and oxygen atoms in total. The van der Waals surface area contributed by atoms with Crippen LogP contribution in [0, 0.1) is 13.8 Å². The molecule has 5 heteroatoms. The molecule has 0 bridgehead atoms. The van der Waals surface area contributed by atoms with Crippen molar-refractivity contribution in [3.05, 3.63) is 34.9 Å². The molecule has 0 amide bonds. The summed E-state index contributed by atoms with van der Waals surface area (Å²) in [6.45, 7) is 5.69. The van der Waals surface area contributed by atoms with Crippen molar-refractivity contribution in [1.29, 1.82) is 0 Å². The first-order chi connectivity index (χ1) is 8.91. The molecule has 1 aromatic rings. The van der Waals surface area contributed by atoms with Gasteiger partial charge in [-0.1, -0.05) is 18.2 Å². The van der Waals surface area contributed by atoms with E-state index in [0.717, 1.165) is 11.1 Å². The van der Waals surface area contributed by atoms with Gasteiger partial charge < -0.3 is 5.32 Å². The zero-order valence-corrected chi connectivity index (χ0v) is 11.2. The highest BCUT2D eigenvalue weighted by atomic mass is 19.4. The number of alkyl halides is 3. The van der Waals surface area contributed by atoms with Crippen molar-refractivity contribution in [2.75, 3.05) is 26.2 Å². The highest BCUT2D eigenvalue weighted by molar-refractivity contribution is 5.36. The van der Waals surface area contributed by atoms with Gasteiger partial charge in [0.1, 0.15) is 6.04 Å².